The van der Waals surface area contributed by atoms with Gasteiger partial charge in [-0.05, 0) is 36.1 Å². The van der Waals surface area contributed by atoms with Crippen molar-refractivity contribution in [1.82, 2.24) is 9.78 Å². The summed E-state index contributed by atoms with van der Waals surface area (Å²) in [6, 6.07) is 14.1. The average Bonchev–Trinajstić information content (AvgIpc) is 3.20. The quantitative estimate of drug-likeness (QED) is 0.617. The van der Waals surface area contributed by atoms with E-state index in [1.165, 1.54) is 11.1 Å². The highest BCUT2D eigenvalue weighted by Gasteiger charge is 2.25. The van der Waals surface area contributed by atoms with Crippen LogP contribution in [0.25, 0.3) is 16.9 Å². The zero-order chi connectivity index (χ0) is 17.6. The molecule has 0 unspecified atom stereocenters. The fraction of sp³-hybridized carbons (Fsp3) is 0.250. The maximum atomic E-state index is 6.22. The van der Waals surface area contributed by atoms with Crippen molar-refractivity contribution < 1.29 is 0 Å². The molecular formula is C20H19Cl2N3. The Kier molecular flexibility index (Phi) is 4.22. The number of fused-ring (bicyclic) bond motifs is 1. The largest absolute Gasteiger partial charge is 0.369 e. The molecule has 4 rings (SSSR count). The summed E-state index contributed by atoms with van der Waals surface area (Å²) in [6.07, 6.45) is 0.953. The SMILES string of the molecule is CC(C)c1ccccc1-n1nc(-c2ccc(Cl)c(Cl)c2)c2c1NCC2. The van der Waals surface area contributed by atoms with Gasteiger partial charge in [-0.3, -0.25) is 0 Å². The number of rotatable bonds is 3. The van der Waals surface area contributed by atoms with Crippen molar-refractivity contribution in [3.63, 3.8) is 0 Å². The van der Waals surface area contributed by atoms with Gasteiger partial charge in [0.1, 0.15) is 5.82 Å². The lowest BCUT2D eigenvalue weighted by molar-refractivity contribution is 0.812. The highest BCUT2D eigenvalue weighted by Crippen LogP contribution is 2.37. The van der Waals surface area contributed by atoms with Crippen LogP contribution in [0, 0.1) is 0 Å². The second-order valence-corrected chi connectivity index (χ2v) is 7.42. The van der Waals surface area contributed by atoms with E-state index >= 15 is 0 Å². The topological polar surface area (TPSA) is 29.9 Å². The molecule has 2 aromatic carbocycles. The van der Waals surface area contributed by atoms with Crippen molar-refractivity contribution in [3.8, 4) is 16.9 Å². The molecule has 0 radical (unpaired) electrons. The highest BCUT2D eigenvalue weighted by atomic mass is 35.5. The molecule has 3 aromatic rings. The molecule has 5 heteroatoms. The van der Waals surface area contributed by atoms with E-state index in [4.69, 9.17) is 28.3 Å². The van der Waals surface area contributed by atoms with Gasteiger partial charge in [0.25, 0.3) is 0 Å². The van der Waals surface area contributed by atoms with E-state index < -0.39 is 0 Å². The van der Waals surface area contributed by atoms with Gasteiger partial charge in [0.05, 0.1) is 21.4 Å². The van der Waals surface area contributed by atoms with E-state index in [0.717, 1.165) is 35.7 Å². The van der Waals surface area contributed by atoms with Crippen molar-refractivity contribution in [2.24, 2.45) is 0 Å². The molecule has 1 aliphatic heterocycles. The van der Waals surface area contributed by atoms with Crippen LogP contribution in [-0.2, 0) is 6.42 Å². The molecule has 128 valence electrons. The van der Waals surface area contributed by atoms with Crippen LogP contribution < -0.4 is 5.32 Å². The monoisotopic (exact) mass is 371 g/mol. The zero-order valence-corrected chi connectivity index (χ0v) is 15.7. The molecule has 1 aliphatic rings. The Morgan fingerprint density at radius 3 is 2.64 bits per heavy atom. The van der Waals surface area contributed by atoms with Gasteiger partial charge in [-0.1, -0.05) is 61.3 Å². The Balaban J connectivity index is 1.91. The van der Waals surface area contributed by atoms with Crippen molar-refractivity contribution >= 4 is 29.0 Å². The van der Waals surface area contributed by atoms with Crippen molar-refractivity contribution in [2.75, 3.05) is 11.9 Å². The van der Waals surface area contributed by atoms with Gasteiger partial charge >= 0.3 is 0 Å². The van der Waals surface area contributed by atoms with Crippen LogP contribution in [0.4, 0.5) is 5.82 Å². The molecule has 0 spiro atoms. The lowest BCUT2D eigenvalue weighted by Crippen LogP contribution is -2.07. The van der Waals surface area contributed by atoms with E-state index in [1.54, 1.807) is 0 Å². The summed E-state index contributed by atoms with van der Waals surface area (Å²) in [5.41, 5.74) is 5.60. The third-order valence-electron chi connectivity index (χ3n) is 4.63. The third kappa shape index (κ3) is 2.82. The molecule has 0 saturated heterocycles. The summed E-state index contributed by atoms with van der Waals surface area (Å²) >= 11 is 12.3. The number of hydrogen-bond donors (Lipinski definition) is 1. The number of aromatic nitrogens is 2. The predicted molar refractivity (Wildman–Crippen MR) is 105 cm³/mol. The summed E-state index contributed by atoms with van der Waals surface area (Å²) in [5.74, 6) is 1.50. The van der Waals surface area contributed by atoms with E-state index in [-0.39, 0.29) is 0 Å². The fourth-order valence-electron chi connectivity index (χ4n) is 3.39. The normalized spacial score (nSPS) is 13.2. The van der Waals surface area contributed by atoms with Crippen LogP contribution >= 0.6 is 23.2 Å². The van der Waals surface area contributed by atoms with Crippen LogP contribution in [0.5, 0.6) is 0 Å². The standard InChI is InChI=1S/C20H19Cl2N3/c1-12(2)14-5-3-4-6-18(14)25-20-15(9-10-23-20)19(24-25)13-7-8-16(21)17(22)11-13/h3-8,11-12,23H,9-10H2,1-2H3. The summed E-state index contributed by atoms with van der Waals surface area (Å²) in [5, 5.41) is 9.54. The second kappa shape index (κ2) is 6.40. The number of para-hydroxylation sites is 1. The van der Waals surface area contributed by atoms with Gasteiger partial charge in [-0.2, -0.15) is 5.10 Å². The molecule has 0 amide bonds. The number of nitrogens with zero attached hydrogens (tertiary/aromatic N) is 2. The van der Waals surface area contributed by atoms with Gasteiger partial charge < -0.3 is 5.32 Å². The van der Waals surface area contributed by atoms with E-state index in [2.05, 4.69) is 43.4 Å². The Morgan fingerprint density at radius 2 is 1.88 bits per heavy atom. The minimum atomic E-state index is 0.422. The molecule has 25 heavy (non-hydrogen) atoms. The number of hydrogen-bond acceptors (Lipinski definition) is 2. The molecule has 0 saturated carbocycles. The maximum Gasteiger partial charge on any atom is 0.133 e. The first-order chi connectivity index (χ1) is 12.1. The van der Waals surface area contributed by atoms with Crippen molar-refractivity contribution in [1.29, 1.82) is 0 Å². The molecular weight excluding hydrogens is 353 g/mol. The molecule has 1 aromatic heterocycles. The molecule has 3 nitrogen and oxygen atoms in total. The smallest absolute Gasteiger partial charge is 0.133 e. The molecule has 0 bridgehead atoms. The van der Waals surface area contributed by atoms with Gasteiger partial charge in [0.2, 0.25) is 0 Å². The highest BCUT2D eigenvalue weighted by molar-refractivity contribution is 6.42. The maximum absolute atomic E-state index is 6.22. The predicted octanol–water partition coefficient (Wildman–Crippen LogP) is 5.94. The molecule has 1 N–H and O–H groups in total. The Hall–Kier alpha value is -1.97. The summed E-state index contributed by atoms with van der Waals surface area (Å²) in [4.78, 5) is 0. The number of benzene rings is 2. The second-order valence-electron chi connectivity index (χ2n) is 6.61. The first kappa shape index (κ1) is 16.5. The van der Waals surface area contributed by atoms with E-state index in [1.807, 2.05) is 22.9 Å². The van der Waals surface area contributed by atoms with Crippen LogP contribution in [0.2, 0.25) is 10.0 Å². The van der Waals surface area contributed by atoms with Crippen LogP contribution in [-0.4, -0.2) is 16.3 Å². The van der Waals surface area contributed by atoms with Crippen molar-refractivity contribution in [3.05, 3.63) is 63.6 Å². The fourth-order valence-corrected chi connectivity index (χ4v) is 3.69. The Bertz CT molecular complexity index is 944. The van der Waals surface area contributed by atoms with Crippen LogP contribution in [0.15, 0.2) is 42.5 Å². The summed E-state index contributed by atoms with van der Waals surface area (Å²) < 4.78 is 2.04. The minimum Gasteiger partial charge on any atom is -0.369 e. The molecule has 0 atom stereocenters. The van der Waals surface area contributed by atoms with Gasteiger partial charge in [0, 0.05) is 17.7 Å². The Morgan fingerprint density at radius 1 is 1.08 bits per heavy atom. The molecule has 0 aliphatic carbocycles. The Labute approximate surface area is 157 Å². The number of anilines is 1. The molecule has 2 heterocycles. The lowest BCUT2D eigenvalue weighted by Gasteiger charge is -2.14. The first-order valence-electron chi connectivity index (χ1n) is 8.46. The lowest BCUT2D eigenvalue weighted by atomic mass is 10.0. The first-order valence-corrected chi connectivity index (χ1v) is 9.22. The zero-order valence-electron chi connectivity index (χ0n) is 14.2. The van der Waals surface area contributed by atoms with Gasteiger partial charge in [-0.15, -0.1) is 0 Å². The van der Waals surface area contributed by atoms with E-state index in [9.17, 15) is 0 Å². The van der Waals surface area contributed by atoms with Crippen LogP contribution in [0.1, 0.15) is 30.9 Å². The number of halogens is 2. The van der Waals surface area contributed by atoms with Gasteiger partial charge in [-0.25, -0.2) is 4.68 Å². The minimum absolute atomic E-state index is 0.422. The van der Waals surface area contributed by atoms with Crippen LogP contribution in [0.3, 0.4) is 0 Å². The molecule has 0 fully saturated rings. The number of nitrogens with one attached hydrogen (secondary N) is 1. The van der Waals surface area contributed by atoms with Gasteiger partial charge in [0.15, 0.2) is 0 Å². The van der Waals surface area contributed by atoms with Crippen molar-refractivity contribution in [2.45, 2.75) is 26.2 Å². The third-order valence-corrected chi connectivity index (χ3v) is 5.37. The summed E-state index contributed by atoms with van der Waals surface area (Å²) in [7, 11) is 0. The average molecular weight is 372 g/mol. The summed E-state index contributed by atoms with van der Waals surface area (Å²) in [6.45, 7) is 5.33. The van der Waals surface area contributed by atoms with E-state index in [0.29, 0.717) is 16.0 Å².